The molecule has 0 aliphatic carbocycles. The number of hydrogen-bond acceptors (Lipinski definition) is 7. The number of nitro benzene ring substituents is 1. The minimum Gasteiger partial charge on any atom is -0.497 e. The predicted octanol–water partition coefficient (Wildman–Crippen LogP) is 5.27. The predicted molar refractivity (Wildman–Crippen MR) is 124 cm³/mol. The van der Waals surface area contributed by atoms with Crippen LogP contribution in [0.1, 0.15) is 21.2 Å². The summed E-state index contributed by atoms with van der Waals surface area (Å²) in [6, 6.07) is 17.8. The van der Waals surface area contributed by atoms with Crippen LogP contribution in [0.5, 0.6) is 5.75 Å². The Kier molecular flexibility index (Phi) is 6.52. The van der Waals surface area contributed by atoms with Crippen molar-refractivity contribution in [3.05, 3.63) is 93.0 Å². The van der Waals surface area contributed by atoms with Crippen LogP contribution < -0.4 is 10.1 Å². The smallest absolute Gasteiger partial charge is 0.340 e. The van der Waals surface area contributed by atoms with Crippen molar-refractivity contribution in [3.63, 3.8) is 0 Å². The number of fused-ring (bicyclic) bond motifs is 1. The third-order valence-electron chi connectivity index (χ3n) is 4.99. The molecule has 168 valence electrons. The quantitative estimate of drug-likeness (QED) is 0.298. The van der Waals surface area contributed by atoms with Crippen molar-refractivity contribution in [1.82, 2.24) is 0 Å². The maximum Gasteiger partial charge on any atom is 0.340 e. The fourth-order valence-electron chi connectivity index (χ4n) is 3.33. The zero-order chi connectivity index (χ0) is 23.5. The number of carbonyl (C=O) groups is 2. The Hall–Kier alpha value is -3.56. The van der Waals surface area contributed by atoms with Crippen LogP contribution >= 0.6 is 23.4 Å². The summed E-state index contributed by atoms with van der Waals surface area (Å²) in [5.41, 5.74) is 1.03. The average molecular weight is 485 g/mol. The molecule has 33 heavy (non-hydrogen) atoms. The molecule has 1 amide bonds. The summed E-state index contributed by atoms with van der Waals surface area (Å²) >= 11 is 7.47. The third-order valence-corrected chi connectivity index (χ3v) is 6.69. The first-order valence-electron chi connectivity index (χ1n) is 9.73. The molecule has 0 fully saturated rings. The molecular formula is C23H17ClN2O6S. The zero-order valence-electron chi connectivity index (χ0n) is 17.2. The van der Waals surface area contributed by atoms with Gasteiger partial charge >= 0.3 is 5.97 Å². The van der Waals surface area contributed by atoms with E-state index in [2.05, 4.69) is 5.32 Å². The molecule has 2 atom stereocenters. The lowest BCUT2D eigenvalue weighted by Gasteiger charge is -2.24. The first kappa shape index (κ1) is 22.6. The van der Waals surface area contributed by atoms with Crippen LogP contribution in [0.15, 0.2) is 71.6 Å². The van der Waals surface area contributed by atoms with Gasteiger partial charge in [0.25, 0.3) is 11.6 Å². The van der Waals surface area contributed by atoms with Gasteiger partial charge in [0.1, 0.15) is 5.75 Å². The Morgan fingerprint density at radius 2 is 1.85 bits per heavy atom. The van der Waals surface area contributed by atoms with E-state index in [1.807, 2.05) is 12.1 Å². The highest BCUT2D eigenvalue weighted by molar-refractivity contribution is 7.99. The number of ether oxygens (including phenoxy) is 2. The van der Waals surface area contributed by atoms with Crippen LogP contribution in [0.4, 0.5) is 11.4 Å². The number of hydrogen-bond donors (Lipinski definition) is 1. The van der Waals surface area contributed by atoms with E-state index in [-0.39, 0.29) is 16.3 Å². The molecule has 1 N–H and O–H groups in total. The Labute approximate surface area is 198 Å². The van der Waals surface area contributed by atoms with Crippen molar-refractivity contribution in [2.24, 2.45) is 0 Å². The van der Waals surface area contributed by atoms with Crippen LogP contribution in [0.3, 0.4) is 0 Å². The molecule has 0 bridgehead atoms. The summed E-state index contributed by atoms with van der Waals surface area (Å²) in [5, 5.41) is 13.1. The summed E-state index contributed by atoms with van der Waals surface area (Å²) in [7, 11) is 1.55. The third kappa shape index (κ3) is 4.79. The lowest BCUT2D eigenvalue weighted by atomic mass is 10.1. The second kappa shape index (κ2) is 9.51. The monoisotopic (exact) mass is 484 g/mol. The summed E-state index contributed by atoms with van der Waals surface area (Å²) in [6.07, 6.45) is -1.20. The van der Waals surface area contributed by atoms with E-state index < -0.39 is 28.2 Å². The van der Waals surface area contributed by atoms with Gasteiger partial charge in [0.15, 0.2) is 6.10 Å². The van der Waals surface area contributed by atoms with Gasteiger partial charge in [0.2, 0.25) is 0 Å². The van der Waals surface area contributed by atoms with Crippen molar-refractivity contribution >= 4 is 46.6 Å². The molecule has 0 saturated carbocycles. The van der Waals surface area contributed by atoms with Crippen LogP contribution in [0, 0.1) is 10.1 Å². The van der Waals surface area contributed by atoms with E-state index in [9.17, 15) is 19.7 Å². The fraction of sp³-hybridized carbons (Fsp3) is 0.130. The van der Waals surface area contributed by atoms with E-state index in [1.54, 1.807) is 43.5 Å². The standard InChI is InChI=1S/C23H17ClN2O6S/c1-31-15-9-6-13(7-10-15)21-20(22(27)25-18-4-2-3-5-19(18)33-21)32-23(28)16-11-8-14(26(29)30)12-17(16)24/h2-12,20-21H,1H3,(H,25,27)/t20-,21+/m1/s1. The van der Waals surface area contributed by atoms with Crippen molar-refractivity contribution in [2.75, 3.05) is 12.4 Å². The summed E-state index contributed by atoms with van der Waals surface area (Å²) in [6.45, 7) is 0. The molecule has 3 aromatic carbocycles. The molecular weight excluding hydrogens is 468 g/mol. The van der Waals surface area contributed by atoms with Crippen LogP contribution in [0.2, 0.25) is 5.02 Å². The Morgan fingerprint density at radius 1 is 1.12 bits per heavy atom. The number of benzene rings is 3. The van der Waals surface area contributed by atoms with Gasteiger partial charge in [-0.3, -0.25) is 14.9 Å². The second-order valence-corrected chi connectivity index (χ2v) is 8.63. The molecule has 0 unspecified atom stereocenters. The number of nitro groups is 1. The maximum atomic E-state index is 13.1. The van der Waals surface area contributed by atoms with Crippen LogP contribution in [0.25, 0.3) is 0 Å². The Morgan fingerprint density at radius 3 is 2.52 bits per heavy atom. The van der Waals surface area contributed by atoms with Crippen molar-refractivity contribution in [2.45, 2.75) is 16.2 Å². The Balaban J connectivity index is 1.69. The molecule has 0 radical (unpaired) electrons. The van der Waals surface area contributed by atoms with E-state index in [4.69, 9.17) is 21.1 Å². The summed E-state index contributed by atoms with van der Waals surface area (Å²) in [5.74, 6) is -0.715. The SMILES string of the molecule is COc1ccc([C@@H]2Sc3ccccc3NC(=O)[C@@H]2OC(=O)c2ccc([N+](=O)[O-])cc2Cl)cc1. The topological polar surface area (TPSA) is 108 Å². The molecule has 3 aromatic rings. The van der Waals surface area contributed by atoms with E-state index in [0.29, 0.717) is 11.4 Å². The van der Waals surface area contributed by atoms with Crippen molar-refractivity contribution < 1.29 is 24.0 Å². The van der Waals surface area contributed by atoms with Gasteiger partial charge in [0, 0.05) is 17.0 Å². The number of rotatable bonds is 5. The minimum absolute atomic E-state index is 0.0738. The van der Waals surface area contributed by atoms with E-state index in [1.165, 1.54) is 17.8 Å². The van der Waals surface area contributed by atoms with Crippen LogP contribution in [-0.4, -0.2) is 30.0 Å². The number of para-hydroxylation sites is 1. The van der Waals surface area contributed by atoms with Crippen LogP contribution in [-0.2, 0) is 9.53 Å². The number of anilines is 1. The number of carbonyl (C=O) groups excluding carboxylic acids is 2. The molecule has 1 aliphatic heterocycles. The van der Waals surface area contributed by atoms with Crippen molar-refractivity contribution in [3.8, 4) is 5.75 Å². The Bertz CT molecular complexity index is 1230. The lowest BCUT2D eigenvalue weighted by molar-refractivity contribution is -0.384. The molecule has 4 rings (SSSR count). The van der Waals surface area contributed by atoms with Gasteiger partial charge in [-0.25, -0.2) is 4.79 Å². The van der Waals surface area contributed by atoms with Gasteiger partial charge in [-0.2, -0.15) is 0 Å². The van der Waals surface area contributed by atoms with Crippen molar-refractivity contribution in [1.29, 1.82) is 0 Å². The van der Waals surface area contributed by atoms with E-state index in [0.717, 1.165) is 22.6 Å². The number of esters is 1. The molecule has 10 heteroatoms. The molecule has 8 nitrogen and oxygen atoms in total. The van der Waals surface area contributed by atoms with Gasteiger partial charge < -0.3 is 14.8 Å². The zero-order valence-corrected chi connectivity index (χ0v) is 18.8. The maximum absolute atomic E-state index is 13.1. The molecule has 0 spiro atoms. The van der Waals surface area contributed by atoms with E-state index >= 15 is 0 Å². The van der Waals surface area contributed by atoms with Gasteiger partial charge in [-0.05, 0) is 35.9 Å². The van der Waals surface area contributed by atoms with Gasteiger partial charge in [-0.15, -0.1) is 11.8 Å². The number of nitrogens with one attached hydrogen (secondary N) is 1. The van der Waals surface area contributed by atoms with Gasteiger partial charge in [0.05, 0.1) is 33.6 Å². The first-order chi connectivity index (χ1) is 15.9. The number of amides is 1. The average Bonchev–Trinajstić information content (AvgIpc) is 2.95. The van der Waals surface area contributed by atoms with Gasteiger partial charge in [-0.1, -0.05) is 35.9 Å². The summed E-state index contributed by atoms with van der Waals surface area (Å²) < 4.78 is 10.9. The number of halogens is 1. The highest BCUT2D eigenvalue weighted by atomic mass is 35.5. The molecule has 1 aliphatic rings. The largest absolute Gasteiger partial charge is 0.497 e. The minimum atomic E-state index is -1.20. The molecule has 0 aromatic heterocycles. The normalized spacial score (nSPS) is 17.3. The number of methoxy groups -OCH3 is 1. The number of non-ortho nitro benzene ring substituents is 1. The lowest BCUT2D eigenvalue weighted by Crippen LogP contribution is -2.35. The molecule has 1 heterocycles. The highest BCUT2D eigenvalue weighted by Gasteiger charge is 2.38. The highest BCUT2D eigenvalue weighted by Crippen LogP contribution is 2.45. The fourth-order valence-corrected chi connectivity index (χ4v) is 4.85. The number of thioether (sulfide) groups is 1. The number of nitrogens with zero attached hydrogens (tertiary/aromatic N) is 1. The second-order valence-electron chi connectivity index (χ2n) is 7.04. The summed E-state index contributed by atoms with van der Waals surface area (Å²) in [4.78, 5) is 37.2. The first-order valence-corrected chi connectivity index (χ1v) is 11.0. The molecule has 0 saturated heterocycles.